The van der Waals surface area contributed by atoms with Crippen LogP contribution in [0.5, 0.6) is 0 Å². The lowest BCUT2D eigenvalue weighted by molar-refractivity contribution is -0.402. The van der Waals surface area contributed by atoms with Crippen LogP contribution in [0.3, 0.4) is 0 Å². The molecule has 0 radical (unpaired) electrons. The number of hydrogen-bond donors (Lipinski definition) is 1. The lowest BCUT2D eigenvalue weighted by atomic mass is 10.3. The molecule has 0 aliphatic rings. The number of pyridine rings is 2. The van der Waals surface area contributed by atoms with Crippen molar-refractivity contribution < 1.29 is 14.1 Å². The van der Waals surface area contributed by atoms with Crippen molar-refractivity contribution in [1.29, 1.82) is 0 Å². The minimum Gasteiger partial charge on any atom is -0.395 e. The summed E-state index contributed by atoms with van der Waals surface area (Å²) < 4.78 is 4.86. The average Bonchev–Trinajstić information content (AvgIpc) is 3.06. The van der Waals surface area contributed by atoms with Gasteiger partial charge in [0.2, 0.25) is 0 Å². The predicted octanol–water partition coefficient (Wildman–Crippen LogP) is 3.38. The summed E-state index contributed by atoms with van der Waals surface area (Å²) in [6.07, 6.45) is 3.23. The lowest BCUT2D eigenvalue weighted by Crippen LogP contribution is -2.11. The maximum atomic E-state index is 12.1. The molecule has 3 rings (SSSR count). The van der Waals surface area contributed by atoms with E-state index in [0.717, 1.165) is 11.1 Å². The van der Waals surface area contributed by atoms with Gasteiger partial charge in [0.1, 0.15) is 15.0 Å². The van der Waals surface area contributed by atoms with Gasteiger partial charge in [-0.3, -0.25) is 14.9 Å². The maximum Gasteiger partial charge on any atom is 0.433 e. The summed E-state index contributed by atoms with van der Waals surface area (Å²) >= 11 is 1.35. The van der Waals surface area contributed by atoms with E-state index in [2.05, 4.69) is 15.3 Å². The van der Waals surface area contributed by atoms with Gasteiger partial charge in [0.05, 0.1) is 6.07 Å². The molecule has 0 spiro atoms. The average molecular weight is 342 g/mol. The van der Waals surface area contributed by atoms with Gasteiger partial charge in [-0.2, -0.15) is 0 Å². The van der Waals surface area contributed by atoms with Crippen LogP contribution in [0, 0.1) is 10.1 Å². The first kappa shape index (κ1) is 15.7. The van der Waals surface area contributed by atoms with Crippen LogP contribution in [0.1, 0.15) is 10.6 Å². The van der Waals surface area contributed by atoms with Crippen molar-refractivity contribution >= 4 is 29.2 Å². The third-order valence-electron chi connectivity index (χ3n) is 2.84. The highest BCUT2D eigenvalue weighted by Crippen LogP contribution is 2.26. The molecule has 0 atom stereocenters. The number of rotatable bonds is 5. The van der Waals surface area contributed by atoms with Crippen LogP contribution in [0.15, 0.2) is 69.3 Å². The van der Waals surface area contributed by atoms with Crippen molar-refractivity contribution in [2.45, 2.75) is 10.1 Å². The Labute approximate surface area is 140 Å². The van der Waals surface area contributed by atoms with E-state index < -0.39 is 16.7 Å². The van der Waals surface area contributed by atoms with Crippen LogP contribution < -0.4 is 5.32 Å². The van der Waals surface area contributed by atoms with Gasteiger partial charge in [-0.25, -0.2) is 9.97 Å². The second-order valence-corrected chi connectivity index (χ2v) is 5.54. The van der Waals surface area contributed by atoms with Gasteiger partial charge in [0.15, 0.2) is 5.76 Å². The fourth-order valence-corrected chi connectivity index (χ4v) is 2.57. The first-order valence-electron chi connectivity index (χ1n) is 6.72. The Morgan fingerprint density at radius 2 is 1.96 bits per heavy atom. The Balaban J connectivity index is 1.71. The minimum atomic E-state index is -0.704. The SMILES string of the molecule is O=C(Nc1ccnc(Sc2ccccn2)c1)c1ccc([N+](=O)[O-])o1. The summed E-state index contributed by atoms with van der Waals surface area (Å²) in [5.41, 5.74) is 0.493. The van der Waals surface area contributed by atoms with Crippen molar-refractivity contribution in [3.63, 3.8) is 0 Å². The number of carbonyl (C=O) groups is 1. The number of carbonyl (C=O) groups excluding carboxylic acids is 1. The molecular weight excluding hydrogens is 332 g/mol. The number of hydrogen-bond acceptors (Lipinski definition) is 7. The molecule has 0 aliphatic heterocycles. The number of amides is 1. The van der Waals surface area contributed by atoms with Crippen molar-refractivity contribution in [3.8, 4) is 0 Å². The topological polar surface area (TPSA) is 111 Å². The summed E-state index contributed by atoms with van der Waals surface area (Å²) in [6.45, 7) is 0. The maximum absolute atomic E-state index is 12.1. The van der Waals surface area contributed by atoms with Crippen LogP contribution in [0.25, 0.3) is 0 Å². The number of nitro groups is 1. The molecule has 0 fully saturated rings. The summed E-state index contributed by atoms with van der Waals surface area (Å²) in [6, 6.07) is 11.2. The van der Waals surface area contributed by atoms with Gasteiger partial charge in [-0.15, -0.1) is 0 Å². The van der Waals surface area contributed by atoms with Gasteiger partial charge in [0, 0.05) is 18.1 Å². The molecule has 3 aromatic rings. The van der Waals surface area contributed by atoms with Crippen LogP contribution in [-0.2, 0) is 0 Å². The molecule has 0 saturated heterocycles. The van der Waals surface area contributed by atoms with Gasteiger partial charge in [0.25, 0.3) is 5.91 Å². The molecule has 3 heterocycles. The van der Waals surface area contributed by atoms with Crippen LogP contribution in [-0.4, -0.2) is 20.8 Å². The molecular formula is C15H10N4O4S. The summed E-state index contributed by atoms with van der Waals surface area (Å²) in [5, 5.41) is 14.6. The molecule has 1 N–H and O–H groups in total. The zero-order valence-electron chi connectivity index (χ0n) is 12.1. The van der Waals surface area contributed by atoms with Gasteiger partial charge >= 0.3 is 5.88 Å². The smallest absolute Gasteiger partial charge is 0.395 e. The zero-order valence-corrected chi connectivity index (χ0v) is 12.9. The fourth-order valence-electron chi connectivity index (χ4n) is 1.80. The van der Waals surface area contributed by atoms with Gasteiger partial charge in [-0.1, -0.05) is 17.8 Å². The number of aromatic nitrogens is 2. The van der Waals surface area contributed by atoms with Crippen LogP contribution in [0.4, 0.5) is 11.6 Å². The summed E-state index contributed by atoms with van der Waals surface area (Å²) in [5.74, 6) is -1.21. The molecule has 0 unspecified atom stereocenters. The number of nitrogens with zero attached hydrogens (tertiary/aromatic N) is 3. The van der Waals surface area contributed by atoms with E-state index in [1.807, 2.05) is 18.2 Å². The largest absolute Gasteiger partial charge is 0.433 e. The number of nitrogens with one attached hydrogen (secondary N) is 1. The van der Waals surface area contributed by atoms with E-state index >= 15 is 0 Å². The second kappa shape index (κ2) is 6.92. The number of anilines is 1. The van der Waals surface area contributed by atoms with Gasteiger partial charge in [-0.05, 0) is 30.3 Å². The molecule has 9 heteroatoms. The minimum absolute atomic E-state index is 0.141. The normalized spacial score (nSPS) is 10.3. The Morgan fingerprint density at radius 1 is 1.12 bits per heavy atom. The van der Waals surface area contributed by atoms with Crippen molar-refractivity contribution in [3.05, 3.63) is 70.7 Å². The quantitative estimate of drug-likeness (QED) is 0.559. The molecule has 0 saturated carbocycles. The molecule has 24 heavy (non-hydrogen) atoms. The highest BCUT2D eigenvalue weighted by atomic mass is 32.2. The third kappa shape index (κ3) is 3.76. The first-order valence-corrected chi connectivity index (χ1v) is 7.54. The lowest BCUT2D eigenvalue weighted by Gasteiger charge is -2.05. The van der Waals surface area contributed by atoms with E-state index in [4.69, 9.17) is 4.42 Å². The van der Waals surface area contributed by atoms with Crippen molar-refractivity contribution in [1.82, 2.24) is 9.97 Å². The highest BCUT2D eigenvalue weighted by Gasteiger charge is 2.17. The molecule has 0 bridgehead atoms. The molecule has 1 amide bonds. The van der Waals surface area contributed by atoms with Gasteiger partial charge < -0.3 is 9.73 Å². The molecule has 8 nitrogen and oxygen atoms in total. The fraction of sp³-hybridized carbons (Fsp3) is 0. The van der Waals surface area contributed by atoms with E-state index in [1.165, 1.54) is 17.8 Å². The monoisotopic (exact) mass is 342 g/mol. The van der Waals surface area contributed by atoms with E-state index in [9.17, 15) is 14.9 Å². The zero-order chi connectivity index (χ0) is 16.9. The van der Waals surface area contributed by atoms with E-state index in [0.29, 0.717) is 10.7 Å². The number of furan rings is 1. The molecule has 3 aromatic heterocycles. The standard InChI is InChI=1S/C15H10N4O4S/c20-15(11-4-5-14(23-11)19(21)22)18-10-6-8-17-13(9-10)24-12-3-1-2-7-16-12/h1-9H,(H,17,18,20). The molecule has 0 aromatic carbocycles. The van der Waals surface area contributed by atoms with Crippen molar-refractivity contribution in [2.75, 3.05) is 5.32 Å². The molecule has 0 aliphatic carbocycles. The Bertz CT molecular complexity index is 882. The Morgan fingerprint density at radius 3 is 2.67 bits per heavy atom. The third-order valence-corrected chi connectivity index (χ3v) is 3.72. The Kier molecular flexibility index (Phi) is 4.52. The highest BCUT2D eigenvalue weighted by molar-refractivity contribution is 7.99. The van der Waals surface area contributed by atoms with E-state index in [-0.39, 0.29) is 5.76 Å². The first-order chi connectivity index (χ1) is 11.6. The Hall–Kier alpha value is -3.20. The van der Waals surface area contributed by atoms with Crippen LogP contribution in [0.2, 0.25) is 0 Å². The molecule has 120 valence electrons. The van der Waals surface area contributed by atoms with Crippen molar-refractivity contribution in [2.24, 2.45) is 0 Å². The second-order valence-electron chi connectivity index (χ2n) is 4.50. The summed E-state index contributed by atoms with van der Waals surface area (Å²) in [4.78, 5) is 30.3. The predicted molar refractivity (Wildman–Crippen MR) is 85.9 cm³/mol. The van der Waals surface area contributed by atoms with Crippen LogP contribution >= 0.6 is 11.8 Å². The van der Waals surface area contributed by atoms with E-state index in [1.54, 1.807) is 24.5 Å². The summed E-state index contributed by atoms with van der Waals surface area (Å²) in [7, 11) is 0.